The zero-order valence-corrected chi connectivity index (χ0v) is 14.6. The second kappa shape index (κ2) is 7.88. The van der Waals surface area contributed by atoms with Crippen LogP contribution < -0.4 is 19.7 Å². The van der Waals surface area contributed by atoms with Gasteiger partial charge in [0.05, 0.1) is 19.8 Å². The Labute approximate surface area is 147 Å². The third kappa shape index (κ3) is 3.84. The molecule has 1 N–H and O–H groups in total. The molecule has 0 atom stereocenters. The number of nitrogens with zero attached hydrogens (tertiary/aromatic N) is 2. The van der Waals surface area contributed by atoms with E-state index in [1.807, 2.05) is 24.3 Å². The van der Waals surface area contributed by atoms with Gasteiger partial charge in [-0.3, -0.25) is 4.79 Å². The van der Waals surface area contributed by atoms with Crippen LogP contribution in [0, 0.1) is 0 Å². The SMILES string of the molecule is COc1ccc(OC)c(CNC(=O)c2cccnc2N2CCCC2)c1. The highest BCUT2D eigenvalue weighted by atomic mass is 16.5. The van der Waals surface area contributed by atoms with E-state index in [4.69, 9.17) is 9.47 Å². The first kappa shape index (κ1) is 17.1. The number of aromatic nitrogens is 1. The topological polar surface area (TPSA) is 63.7 Å². The molecule has 25 heavy (non-hydrogen) atoms. The van der Waals surface area contributed by atoms with E-state index in [0.717, 1.165) is 43.1 Å². The van der Waals surface area contributed by atoms with Gasteiger partial charge in [0.25, 0.3) is 5.91 Å². The normalized spacial score (nSPS) is 13.6. The average molecular weight is 341 g/mol. The molecule has 0 aliphatic carbocycles. The standard InChI is InChI=1S/C19H23N3O3/c1-24-15-7-8-17(25-2)14(12-15)13-21-19(23)16-6-5-9-20-18(16)22-10-3-4-11-22/h5-9,12H,3-4,10-11,13H2,1-2H3,(H,21,23). The Morgan fingerprint density at radius 3 is 2.72 bits per heavy atom. The molecule has 0 unspecified atom stereocenters. The Balaban J connectivity index is 1.75. The molecule has 1 aliphatic heterocycles. The highest BCUT2D eigenvalue weighted by Gasteiger charge is 2.20. The van der Waals surface area contributed by atoms with Gasteiger partial charge >= 0.3 is 0 Å². The highest BCUT2D eigenvalue weighted by molar-refractivity contribution is 5.98. The Kier molecular flexibility index (Phi) is 5.38. The van der Waals surface area contributed by atoms with Crippen LogP contribution in [0.25, 0.3) is 0 Å². The summed E-state index contributed by atoms with van der Waals surface area (Å²) in [5.74, 6) is 2.06. The van der Waals surface area contributed by atoms with Gasteiger partial charge in [-0.2, -0.15) is 0 Å². The number of carbonyl (C=O) groups excluding carboxylic acids is 1. The van der Waals surface area contributed by atoms with Crippen LogP contribution in [0.2, 0.25) is 0 Å². The zero-order valence-electron chi connectivity index (χ0n) is 14.6. The maximum absolute atomic E-state index is 12.7. The summed E-state index contributed by atoms with van der Waals surface area (Å²) >= 11 is 0. The fourth-order valence-corrected chi connectivity index (χ4v) is 3.05. The molecule has 6 nitrogen and oxygen atoms in total. The number of hydrogen-bond acceptors (Lipinski definition) is 5. The number of nitrogens with one attached hydrogen (secondary N) is 1. The number of benzene rings is 1. The van der Waals surface area contributed by atoms with Crippen LogP contribution in [0.5, 0.6) is 11.5 Å². The van der Waals surface area contributed by atoms with Gasteiger partial charge in [0.2, 0.25) is 0 Å². The van der Waals surface area contributed by atoms with Crippen LogP contribution in [0.3, 0.4) is 0 Å². The van der Waals surface area contributed by atoms with E-state index < -0.39 is 0 Å². The predicted molar refractivity (Wildman–Crippen MR) is 96.4 cm³/mol. The molecule has 0 bridgehead atoms. The highest BCUT2D eigenvalue weighted by Crippen LogP contribution is 2.25. The number of hydrogen-bond donors (Lipinski definition) is 1. The summed E-state index contributed by atoms with van der Waals surface area (Å²) < 4.78 is 10.6. The lowest BCUT2D eigenvalue weighted by Gasteiger charge is -2.19. The van der Waals surface area contributed by atoms with Gasteiger partial charge in [-0.25, -0.2) is 4.98 Å². The summed E-state index contributed by atoms with van der Waals surface area (Å²) in [7, 11) is 3.22. The molecule has 0 radical (unpaired) electrons. The lowest BCUT2D eigenvalue weighted by molar-refractivity contribution is 0.0951. The molecule has 2 aromatic rings. The molecular weight excluding hydrogens is 318 g/mol. The van der Waals surface area contributed by atoms with Crippen LogP contribution in [0.1, 0.15) is 28.8 Å². The van der Waals surface area contributed by atoms with Crippen molar-refractivity contribution in [2.75, 3.05) is 32.2 Å². The van der Waals surface area contributed by atoms with Crippen molar-refractivity contribution in [2.24, 2.45) is 0 Å². The van der Waals surface area contributed by atoms with E-state index in [1.54, 1.807) is 26.5 Å². The maximum atomic E-state index is 12.7. The molecule has 6 heteroatoms. The van der Waals surface area contributed by atoms with Crippen molar-refractivity contribution in [1.29, 1.82) is 0 Å². The van der Waals surface area contributed by atoms with Gasteiger partial charge in [0.1, 0.15) is 17.3 Å². The lowest BCUT2D eigenvalue weighted by atomic mass is 10.1. The number of rotatable bonds is 6. The van der Waals surface area contributed by atoms with Crippen LogP contribution in [0.4, 0.5) is 5.82 Å². The maximum Gasteiger partial charge on any atom is 0.255 e. The number of anilines is 1. The van der Waals surface area contributed by atoms with Gasteiger partial charge in [-0.05, 0) is 43.2 Å². The van der Waals surface area contributed by atoms with E-state index in [1.165, 1.54) is 0 Å². The number of amides is 1. The minimum absolute atomic E-state index is 0.139. The smallest absolute Gasteiger partial charge is 0.255 e. The largest absolute Gasteiger partial charge is 0.497 e. The van der Waals surface area contributed by atoms with Gasteiger partial charge < -0.3 is 19.7 Å². The predicted octanol–water partition coefficient (Wildman–Crippen LogP) is 2.63. The van der Waals surface area contributed by atoms with Crippen molar-refractivity contribution in [1.82, 2.24) is 10.3 Å². The van der Waals surface area contributed by atoms with Crippen molar-refractivity contribution < 1.29 is 14.3 Å². The summed E-state index contributed by atoms with van der Waals surface area (Å²) in [6.07, 6.45) is 4.01. The molecule has 1 fully saturated rings. The van der Waals surface area contributed by atoms with Crippen molar-refractivity contribution in [3.05, 3.63) is 47.7 Å². The fraction of sp³-hybridized carbons (Fsp3) is 0.368. The van der Waals surface area contributed by atoms with E-state index >= 15 is 0 Å². The molecule has 1 aliphatic rings. The minimum Gasteiger partial charge on any atom is -0.497 e. The zero-order chi connectivity index (χ0) is 17.6. The van der Waals surface area contributed by atoms with Crippen molar-refractivity contribution in [2.45, 2.75) is 19.4 Å². The minimum atomic E-state index is -0.139. The van der Waals surface area contributed by atoms with Crippen LogP contribution in [-0.4, -0.2) is 38.2 Å². The van der Waals surface area contributed by atoms with Crippen LogP contribution >= 0.6 is 0 Å². The first-order valence-corrected chi connectivity index (χ1v) is 8.42. The van der Waals surface area contributed by atoms with Crippen LogP contribution in [-0.2, 0) is 6.54 Å². The molecule has 132 valence electrons. The number of pyridine rings is 1. The van der Waals surface area contributed by atoms with Gasteiger partial charge in [0, 0.05) is 31.4 Å². The molecule has 1 saturated heterocycles. The Morgan fingerprint density at radius 2 is 2.00 bits per heavy atom. The first-order valence-electron chi connectivity index (χ1n) is 8.42. The summed E-state index contributed by atoms with van der Waals surface area (Å²) in [6, 6.07) is 9.14. The summed E-state index contributed by atoms with van der Waals surface area (Å²) in [4.78, 5) is 19.3. The molecular formula is C19H23N3O3. The van der Waals surface area contributed by atoms with E-state index in [9.17, 15) is 4.79 Å². The van der Waals surface area contributed by atoms with Gasteiger partial charge in [0.15, 0.2) is 0 Å². The molecule has 1 aromatic carbocycles. The molecule has 1 amide bonds. The summed E-state index contributed by atoms with van der Waals surface area (Å²) in [5, 5.41) is 2.96. The van der Waals surface area contributed by atoms with Gasteiger partial charge in [-0.15, -0.1) is 0 Å². The molecule has 3 rings (SSSR count). The quantitative estimate of drug-likeness (QED) is 0.875. The van der Waals surface area contributed by atoms with E-state index in [-0.39, 0.29) is 5.91 Å². The fourth-order valence-electron chi connectivity index (χ4n) is 3.05. The van der Waals surface area contributed by atoms with Gasteiger partial charge in [-0.1, -0.05) is 0 Å². The molecule has 2 heterocycles. The Hall–Kier alpha value is -2.76. The first-order chi connectivity index (χ1) is 12.2. The Morgan fingerprint density at radius 1 is 1.20 bits per heavy atom. The van der Waals surface area contributed by atoms with Crippen molar-refractivity contribution >= 4 is 11.7 Å². The second-order valence-electron chi connectivity index (χ2n) is 5.93. The monoisotopic (exact) mass is 341 g/mol. The van der Waals surface area contributed by atoms with Crippen molar-refractivity contribution in [3.8, 4) is 11.5 Å². The second-order valence-corrected chi connectivity index (χ2v) is 5.93. The van der Waals surface area contributed by atoms with Crippen molar-refractivity contribution in [3.63, 3.8) is 0 Å². The average Bonchev–Trinajstić information content (AvgIpc) is 3.20. The third-order valence-corrected chi connectivity index (χ3v) is 4.36. The van der Waals surface area contributed by atoms with Crippen LogP contribution in [0.15, 0.2) is 36.5 Å². The number of methoxy groups -OCH3 is 2. The van der Waals surface area contributed by atoms with E-state index in [2.05, 4.69) is 15.2 Å². The molecule has 1 aromatic heterocycles. The molecule has 0 spiro atoms. The summed E-state index contributed by atoms with van der Waals surface area (Å²) in [5.41, 5.74) is 1.47. The van der Waals surface area contributed by atoms with E-state index in [0.29, 0.717) is 17.9 Å². The third-order valence-electron chi connectivity index (χ3n) is 4.36. The Bertz CT molecular complexity index is 742. The molecule has 0 saturated carbocycles. The lowest BCUT2D eigenvalue weighted by Crippen LogP contribution is -2.28. The number of ether oxygens (including phenoxy) is 2. The summed E-state index contributed by atoms with van der Waals surface area (Å²) in [6.45, 7) is 2.25. The number of carbonyl (C=O) groups is 1.